The maximum atomic E-state index is 12.1. The third-order valence-corrected chi connectivity index (χ3v) is 4.35. The van der Waals surface area contributed by atoms with E-state index in [0.717, 1.165) is 16.1 Å². The maximum Gasteiger partial charge on any atom is 0.242 e. The number of hydrogen-bond donors (Lipinski definition) is 1. The van der Waals surface area contributed by atoms with Gasteiger partial charge < -0.3 is 5.32 Å². The van der Waals surface area contributed by atoms with E-state index in [1.54, 1.807) is 11.8 Å². The molecular weight excluding hydrogens is 266 g/mol. The summed E-state index contributed by atoms with van der Waals surface area (Å²) in [5, 5.41) is 3.34. The van der Waals surface area contributed by atoms with Crippen LogP contribution in [0.1, 0.15) is 10.8 Å². The molecule has 0 radical (unpaired) electrons. The van der Waals surface area contributed by atoms with Crippen LogP contribution in [0.25, 0.3) is 0 Å². The molecule has 1 aliphatic rings. The van der Waals surface area contributed by atoms with Crippen LogP contribution in [0.5, 0.6) is 0 Å². The first-order valence-corrected chi connectivity index (χ1v) is 6.82. The quantitative estimate of drug-likeness (QED) is 0.848. The molecule has 2 nitrogen and oxygen atoms in total. The Morgan fingerprint density at radius 1 is 1.11 bits per heavy atom. The predicted octanol–water partition coefficient (Wildman–Crippen LogP) is 4.13. The Labute approximate surface area is 114 Å². The van der Waals surface area contributed by atoms with E-state index in [1.807, 2.05) is 48.5 Å². The van der Waals surface area contributed by atoms with Crippen molar-refractivity contribution in [3.05, 3.63) is 59.1 Å². The lowest BCUT2D eigenvalue weighted by atomic mass is 10.1. The lowest BCUT2D eigenvalue weighted by molar-refractivity contribution is -0.115. The van der Waals surface area contributed by atoms with Gasteiger partial charge in [-0.15, -0.1) is 11.8 Å². The molecule has 0 aliphatic carbocycles. The highest BCUT2D eigenvalue weighted by atomic mass is 35.5. The van der Waals surface area contributed by atoms with Crippen LogP contribution in [0.2, 0.25) is 5.02 Å². The molecule has 1 aliphatic heterocycles. The van der Waals surface area contributed by atoms with E-state index < -0.39 is 0 Å². The normalized spacial score (nSPS) is 18.1. The number of nitrogens with one attached hydrogen (secondary N) is 1. The third kappa shape index (κ3) is 2.11. The smallest absolute Gasteiger partial charge is 0.242 e. The molecule has 18 heavy (non-hydrogen) atoms. The summed E-state index contributed by atoms with van der Waals surface area (Å²) in [6.45, 7) is 0. The highest BCUT2D eigenvalue weighted by Crippen LogP contribution is 2.43. The summed E-state index contributed by atoms with van der Waals surface area (Å²) < 4.78 is 0. The van der Waals surface area contributed by atoms with E-state index in [9.17, 15) is 4.79 Å². The maximum absolute atomic E-state index is 12.1. The van der Waals surface area contributed by atoms with Crippen molar-refractivity contribution in [3.8, 4) is 0 Å². The Balaban J connectivity index is 1.98. The van der Waals surface area contributed by atoms with Crippen LogP contribution >= 0.6 is 23.4 Å². The van der Waals surface area contributed by atoms with Crippen LogP contribution in [0.4, 0.5) is 5.69 Å². The van der Waals surface area contributed by atoms with Gasteiger partial charge in [0.15, 0.2) is 0 Å². The molecule has 1 atom stereocenters. The fourth-order valence-electron chi connectivity index (χ4n) is 1.94. The summed E-state index contributed by atoms with van der Waals surface area (Å²) in [6.07, 6.45) is 0. The van der Waals surface area contributed by atoms with E-state index in [1.165, 1.54) is 0 Å². The number of benzene rings is 2. The van der Waals surface area contributed by atoms with Crippen molar-refractivity contribution in [1.82, 2.24) is 0 Å². The molecule has 3 rings (SSSR count). The molecule has 90 valence electrons. The van der Waals surface area contributed by atoms with Gasteiger partial charge in [0.25, 0.3) is 0 Å². The number of halogens is 1. The van der Waals surface area contributed by atoms with Crippen LogP contribution in [-0.2, 0) is 4.79 Å². The first-order chi connectivity index (χ1) is 8.74. The number of rotatable bonds is 1. The Hall–Kier alpha value is -1.45. The number of thioether (sulfide) groups is 1. The predicted molar refractivity (Wildman–Crippen MR) is 75.1 cm³/mol. The molecule has 2 aromatic rings. The van der Waals surface area contributed by atoms with Crippen molar-refractivity contribution in [1.29, 1.82) is 0 Å². The largest absolute Gasteiger partial charge is 0.324 e. The molecule has 2 aromatic carbocycles. The highest BCUT2D eigenvalue weighted by molar-refractivity contribution is 8.00. The molecule has 0 aromatic heterocycles. The van der Waals surface area contributed by atoms with Crippen LogP contribution in [0.3, 0.4) is 0 Å². The van der Waals surface area contributed by atoms with Gasteiger partial charge in [-0.05, 0) is 29.8 Å². The molecule has 0 saturated heterocycles. The van der Waals surface area contributed by atoms with Gasteiger partial charge in [-0.2, -0.15) is 0 Å². The van der Waals surface area contributed by atoms with Crippen molar-refractivity contribution in [2.75, 3.05) is 5.32 Å². The molecule has 1 amide bonds. The first kappa shape index (κ1) is 11.6. The number of fused-ring (bicyclic) bond motifs is 1. The number of carbonyl (C=O) groups is 1. The van der Waals surface area contributed by atoms with Gasteiger partial charge in [0, 0.05) is 9.92 Å². The second-order valence-corrected chi connectivity index (χ2v) is 5.62. The van der Waals surface area contributed by atoms with Gasteiger partial charge in [-0.25, -0.2) is 0 Å². The molecule has 0 saturated carbocycles. The fraction of sp³-hybridized carbons (Fsp3) is 0.0714. The Morgan fingerprint density at radius 2 is 1.94 bits per heavy atom. The van der Waals surface area contributed by atoms with E-state index >= 15 is 0 Å². The average molecular weight is 276 g/mol. The zero-order valence-corrected chi connectivity index (χ0v) is 11.0. The van der Waals surface area contributed by atoms with Crippen molar-refractivity contribution < 1.29 is 4.79 Å². The minimum atomic E-state index is -0.237. The van der Waals surface area contributed by atoms with Crippen LogP contribution in [0, 0.1) is 0 Å². The second kappa shape index (κ2) is 4.67. The minimum Gasteiger partial charge on any atom is -0.324 e. The standard InChI is InChI=1S/C14H10ClNOS/c15-10-5-3-4-9(8-10)13-14(17)16-11-6-1-2-7-12(11)18-13/h1-8,13H,(H,16,17). The molecule has 1 heterocycles. The molecule has 1 N–H and O–H groups in total. The van der Waals surface area contributed by atoms with Gasteiger partial charge in [-0.1, -0.05) is 35.9 Å². The lowest BCUT2D eigenvalue weighted by Gasteiger charge is -2.24. The Morgan fingerprint density at radius 3 is 2.78 bits per heavy atom. The zero-order valence-electron chi connectivity index (χ0n) is 9.39. The number of amides is 1. The number of hydrogen-bond acceptors (Lipinski definition) is 2. The molecule has 1 unspecified atom stereocenters. The Kier molecular flexibility index (Phi) is 3.02. The minimum absolute atomic E-state index is 0.000895. The summed E-state index contributed by atoms with van der Waals surface area (Å²) in [4.78, 5) is 13.2. The van der Waals surface area contributed by atoms with Crippen LogP contribution in [0.15, 0.2) is 53.4 Å². The van der Waals surface area contributed by atoms with Gasteiger partial charge in [0.05, 0.1) is 5.69 Å². The van der Waals surface area contributed by atoms with Gasteiger partial charge in [0.1, 0.15) is 5.25 Å². The SMILES string of the molecule is O=C1Nc2ccccc2SC1c1cccc(Cl)c1. The Bertz CT molecular complexity index is 614. The van der Waals surface area contributed by atoms with Crippen LogP contribution < -0.4 is 5.32 Å². The lowest BCUT2D eigenvalue weighted by Crippen LogP contribution is -2.22. The zero-order chi connectivity index (χ0) is 12.5. The van der Waals surface area contributed by atoms with Gasteiger partial charge in [0.2, 0.25) is 5.91 Å². The first-order valence-electron chi connectivity index (χ1n) is 5.56. The number of anilines is 1. The summed E-state index contributed by atoms with van der Waals surface area (Å²) >= 11 is 7.53. The van der Waals surface area contributed by atoms with E-state index in [4.69, 9.17) is 11.6 Å². The molecular formula is C14H10ClNOS. The molecule has 0 bridgehead atoms. The topological polar surface area (TPSA) is 29.1 Å². The summed E-state index contributed by atoms with van der Waals surface area (Å²) in [5.41, 5.74) is 1.81. The molecule has 0 spiro atoms. The van der Waals surface area contributed by atoms with Gasteiger partial charge >= 0.3 is 0 Å². The van der Waals surface area contributed by atoms with E-state index in [0.29, 0.717) is 5.02 Å². The number of carbonyl (C=O) groups excluding carboxylic acids is 1. The highest BCUT2D eigenvalue weighted by Gasteiger charge is 2.28. The molecule has 4 heteroatoms. The van der Waals surface area contributed by atoms with Crippen molar-refractivity contribution >= 4 is 35.0 Å². The second-order valence-electron chi connectivity index (χ2n) is 4.04. The van der Waals surface area contributed by atoms with Crippen molar-refractivity contribution in [2.45, 2.75) is 10.1 Å². The third-order valence-electron chi connectivity index (χ3n) is 2.78. The monoisotopic (exact) mass is 275 g/mol. The van der Waals surface area contributed by atoms with Crippen LogP contribution in [-0.4, -0.2) is 5.91 Å². The van der Waals surface area contributed by atoms with Crippen molar-refractivity contribution in [3.63, 3.8) is 0 Å². The molecule has 0 fully saturated rings. The fourth-order valence-corrected chi connectivity index (χ4v) is 3.25. The number of para-hydroxylation sites is 1. The summed E-state index contributed by atoms with van der Waals surface area (Å²) in [5.74, 6) is 0.000895. The van der Waals surface area contributed by atoms with E-state index in [2.05, 4.69) is 5.32 Å². The van der Waals surface area contributed by atoms with Crippen molar-refractivity contribution in [2.24, 2.45) is 0 Å². The summed E-state index contributed by atoms with van der Waals surface area (Å²) in [7, 11) is 0. The summed E-state index contributed by atoms with van der Waals surface area (Å²) in [6, 6.07) is 15.3. The van der Waals surface area contributed by atoms with Gasteiger partial charge in [-0.3, -0.25) is 4.79 Å². The van der Waals surface area contributed by atoms with E-state index in [-0.39, 0.29) is 11.2 Å². The average Bonchev–Trinajstić information content (AvgIpc) is 2.38.